The van der Waals surface area contributed by atoms with Crippen LogP contribution in [-0.4, -0.2) is 44.4 Å². The fourth-order valence-corrected chi connectivity index (χ4v) is 7.05. The molecule has 2 aromatic rings. The molecule has 7 nitrogen and oxygen atoms in total. The summed E-state index contributed by atoms with van der Waals surface area (Å²) in [5.41, 5.74) is 2.49. The quantitative estimate of drug-likeness (QED) is 0.687. The van der Waals surface area contributed by atoms with Gasteiger partial charge in [0, 0.05) is 10.9 Å². The van der Waals surface area contributed by atoms with Crippen molar-refractivity contribution in [2.24, 2.45) is 0 Å². The highest BCUT2D eigenvalue weighted by molar-refractivity contribution is 7.91. The predicted octanol–water partition coefficient (Wildman–Crippen LogP) is 2.87. The Morgan fingerprint density at radius 2 is 2.03 bits per heavy atom. The van der Waals surface area contributed by atoms with Crippen LogP contribution in [0, 0.1) is 6.92 Å². The smallest absolute Gasteiger partial charge is 0.262 e. The van der Waals surface area contributed by atoms with E-state index in [1.165, 1.54) is 11.3 Å². The second kappa shape index (κ2) is 9.00. The van der Waals surface area contributed by atoms with Crippen LogP contribution in [0.2, 0.25) is 0 Å². The van der Waals surface area contributed by atoms with Crippen LogP contribution in [0.3, 0.4) is 0 Å². The van der Waals surface area contributed by atoms with Gasteiger partial charge in [0.25, 0.3) is 11.8 Å². The van der Waals surface area contributed by atoms with E-state index >= 15 is 0 Å². The van der Waals surface area contributed by atoms with Crippen LogP contribution in [0.4, 0.5) is 5.00 Å². The van der Waals surface area contributed by atoms with Crippen molar-refractivity contribution >= 4 is 38.0 Å². The number of hydrogen-bond donors (Lipinski definition) is 2. The number of amides is 2. The first-order valence-electron chi connectivity index (χ1n) is 10.5. The lowest BCUT2D eigenvalue weighted by Crippen LogP contribution is -2.36. The van der Waals surface area contributed by atoms with Gasteiger partial charge in [0.1, 0.15) is 10.8 Å². The van der Waals surface area contributed by atoms with E-state index in [4.69, 9.17) is 4.74 Å². The summed E-state index contributed by atoms with van der Waals surface area (Å²) < 4.78 is 29.1. The number of aryl methyl sites for hydroxylation is 2. The van der Waals surface area contributed by atoms with Gasteiger partial charge in [-0.05, 0) is 62.3 Å². The van der Waals surface area contributed by atoms with Crippen LogP contribution in [0.25, 0.3) is 0 Å². The van der Waals surface area contributed by atoms with E-state index in [9.17, 15) is 18.0 Å². The number of fused-ring (bicyclic) bond motifs is 1. The Morgan fingerprint density at radius 3 is 2.77 bits per heavy atom. The zero-order valence-corrected chi connectivity index (χ0v) is 19.0. The number of sulfone groups is 1. The van der Waals surface area contributed by atoms with Gasteiger partial charge < -0.3 is 15.4 Å². The summed E-state index contributed by atoms with van der Waals surface area (Å²) in [5.74, 6) is 0.0338. The lowest BCUT2D eigenvalue weighted by molar-refractivity contribution is -0.118. The molecule has 0 bridgehead atoms. The van der Waals surface area contributed by atoms with Gasteiger partial charge in [0.15, 0.2) is 16.4 Å². The van der Waals surface area contributed by atoms with E-state index in [0.29, 0.717) is 22.7 Å². The number of benzene rings is 1. The summed E-state index contributed by atoms with van der Waals surface area (Å²) in [5, 5.41) is 6.24. The van der Waals surface area contributed by atoms with Crippen LogP contribution < -0.4 is 15.4 Å². The number of thiophene rings is 1. The minimum absolute atomic E-state index is 0.0307. The molecule has 31 heavy (non-hydrogen) atoms. The molecule has 2 aliphatic rings. The van der Waals surface area contributed by atoms with Crippen molar-refractivity contribution in [3.8, 4) is 5.75 Å². The predicted molar refractivity (Wildman–Crippen MR) is 121 cm³/mol. The molecule has 2 N–H and O–H groups in total. The van der Waals surface area contributed by atoms with Crippen molar-refractivity contribution in [1.29, 1.82) is 0 Å². The van der Waals surface area contributed by atoms with Gasteiger partial charge in [-0.3, -0.25) is 9.59 Å². The number of nitrogens with one attached hydrogen (secondary N) is 2. The Labute approximate surface area is 186 Å². The maximum atomic E-state index is 13.1. The third kappa shape index (κ3) is 5.27. The van der Waals surface area contributed by atoms with Gasteiger partial charge in [0.05, 0.1) is 17.1 Å². The summed E-state index contributed by atoms with van der Waals surface area (Å²) in [4.78, 5) is 26.7. The van der Waals surface area contributed by atoms with Crippen LogP contribution in [-0.2, 0) is 27.5 Å². The van der Waals surface area contributed by atoms with Crippen LogP contribution in [0.5, 0.6) is 5.75 Å². The Balaban J connectivity index is 1.48. The second-order valence-corrected chi connectivity index (χ2v) is 11.5. The lowest BCUT2D eigenvalue weighted by Gasteiger charge is -2.15. The summed E-state index contributed by atoms with van der Waals surface area (Å²) in [6.45, 7) is 1.79. The molecule has 0 unspecified atom stereocenters. The first kappa shape index (κ1) is 21.8. The van der Waals surface area contributed by atoms with E-state index in [2.05, 4.69) is 10.6 Å². The summed E-state index contributed by atoms with van der Waals surface area (Å²) in [7, 11) is -3.09. The van der Waals surface area contributed by atoms with Gasteiger partial charge in [-0.25, -0.2) is 8.42 Å². The normalized spacial score (nSPS) is 19.5. The molecule has 0 radical (unpaired) electrons. The monoisotopic (exact) mass is 462 g/mol. The standard InChI is InChI=1S/C22H26N2O5S2/c1-14-5-4-6-16(11-14)29-12-19(25)24-22-20(17-7-2-3-8-18(17)30-22)21(26)23-15-9-10-31(27,28)13-15/h4-6,11,15H,2-3,7-10,12-13H2,1H3,(H,23,26)(H,24,25)/t15-/m0/s1. The highest BCUT2D eigenvalue weighted by Gasteiger charge is 2.32. The average molecular weight is 463 g/mol. The Bertz CT molecular complexity index is 1110. The summed E-state index contributed by atoms with van der Waals surface area (Å²) in [6, 6.07) is 7.07. The fourth-order valence-electron chi connectivity index (χ4n) is 4.08. The highest BCUT2D eigenvalue weighted by Crippen LogP contribution is 2.38. The molecular formula is C22H26N2O5S2. The zero-order chi connectivity index (χ0) is 22.0. The van der Waals surface area contributed by atoms with Gasteiger partial charge in [-0.1, -0.05) is 12.1 Å². The Hall–Kier alpha value is -2.39. The SMILES string of the molecule is Cc1cccc(OCC(=O)Nc2sc3c(c2C(=O)N[C@H]2CCS(=O)(=O)C2)CCCC3)c1. The number of hydrogen-bond acceptors (Lipinski definition) is 6. The van der Waals surface area contributed by atoms with Crippen molar-refractivity contribution in [2.75, 3.05) is 23.4 Å². The molecule has 1 aromatic carbocycles. The molecule has 2 amide bonds. The minimum atomic E-state index is -3.09. The molecule has 166 valence electrons. The molecule has 4 rings (SSSR count). The number of anilines is 1. The third-order valence-corrected chi connectivity index (χ3v) is 8.55. The van der Waals surface area contributed by atoms with Crippen LogP contribution in [0.15, 0.2) is 24.3 Å². The summed E-state index contributed by atoms with van der Waals surface area (Å²) >= 11 is 1.43. The number of rotatable bonds is 6. The maximum Gasteiger partial charge on any atom is 0.262 e. The van der Waals surface area contributed by atoms with E-state index in [1.807, 2.05) is 25.1 Å². The molecule has 0 saturated carbocycles. The molecule has 9 heteroatoms. The molecule has 1 aliphatic carbocycles. The van der Waals surface area contributed by atoms with E-state index in [-0.39, 0.29) is 36.0 Å². The van der Waals surface area contributed by atoms with Crippen molar-refractivity contribution in [3.63, 3.8) is 0 Å². The molecule has 2 heterocycles. The van der Waals surface area contributed by atoms with Crippen molar-refractivity contribution < 1.29 is 22.7 Å². The van der Waals surface area contributed by atoms with Gasteiger partial charge in [-0.15, -0.1) is 11.3 Å². The topological polar surface area (TPSA) is 102 Å². The third-order valence-electron chi connectivity index (χ3n) is 5.58. The molecule has 1 aromatic heterocycles. The van der Waals surface area contributed by atoms with Gasteiger partial charge >= 0.3 is 0 Å². The van der Waals surface area contributed by atoms with E-state index < -0.39 is 9.84 Å². The van der Waals surface area contributed by atoms with Crippen molar-refractivity contribution in [3.05, 3.63) is 45.8 Å². The van der Waals surface area contributed by atoms with E-state index in [1.54, 1.807) is 6.07 Å². The lowest BCUT2D eigenvalue weighted by atomic mass is 9.95. The van der Waals surface area contributed by atoms with Crippen LogP contribution >= 0.6 is 11.3 Å². The first-order chi connectivity index (χ1) is 14.8. The molecule has 1 atom stereocenters. The first-order valence-corrected chi connectivity index (χ1v) is 13.1. The number of carbonyl (C=O) groups excluding carboxylic acids is 2. The Morgan fingerprint density at radius 1 is 1.23 bits per heavy atom. The Kier molecular flexibility index (Phi) is 6.34. The van der Waals surface area contributed by atoms with Gasteiger partial charge in [0.2, 0.25) is 0 Å². The number of ether oxygens (including phenoxy) is 1. The molecule has 1 fully saturated rings. The van der Waals surface area contributed by atoms with Crippen LogP contribution in [0.1, 0.15) is 45.6 Å². The second-order valence-electron chi connectivity index (χ2n) is 8.14. The molecule has 0 spiro atoms. The molecule has 1 saturated heterocycles. The van der Waals surface area contributed by atoms with Crippen molar-refractivity contribution in [2.45, 2.75) is 45.1 Å². The molecule has 1 aliphatic heterocycles. The number of carbonyl (C=O) groups is 2. The largest absolute Gasteiger partial charge is 0.484 e. The molecular weight excluding hydrogens is 436 g/mol. The fraction of sp³-hybridized carbons (Fsp3) is 0.455. The average Bonchev–Trinajstić information content (AvgIpc) is 3.25. The minimum Gasteiger partial charge on any atom is -0.484 e. The van der Waals surface area contributed by atoms with Gasteiger partial charge in [-0.2, -0.15) is 0 Å². The van der Waals surface area contributed by atoms with E-state index in [0.717, 1.165) is 41.7 Å². The maximum absolute atomic E-state index is 13.1. The highest BCUT2D eigenvalue weighted by atomic mass is 32.2. The zero-order valence-electron chi connectivity index (χ0n) is 17.4. The summed E-state index contributed by atoms with van der Waals surface area (Å²) in [6.07, 6.45) is 4.14. The van der Waals surface area contributed by atoms with Crippen molar-refractivity contribution in [1.82, 2.24) is 5.32 Å².